The molecule has 0 fully saturated rings. The van der Waals surface area contributed by atoms with Crippen LogP contribution in [0, 0.1) is 13.8 Å². The molecule has 0 amide bonds. The number of hydrogen-bond acceptors (Lipinski definition) is 2. The second-order valence-electron chi connectivity index (χ2n) is 4.90. The van der Waals surface area contributed by atoms with Crippen LogP contribution in [0.2, 0.25) is 0 Å². The Labute approximate surface area is 103 Å². The van der Waals surface area contributed by atoms with Crippen LogP contribution in [0.3, 0.4) is 0 Å². The van der Waals surface area contributed by atoms with Crippen LogP contribution in [-0.2, 0) is 0 Å². The predicted octanol–water partition coefficient (Wildman–Crippen LogP) is 4.02. The number of benzene rings is 1. The van der Waals surface area contributed by atoms with Crippen molar-refractivity contribution < 1.29 is 0 Å². The summed E-state index contributed by atoms with van der Waals surface area (Å²) in [5, 5.41) is 4.48. The van der Waals surface area contributed by atoms with Crippen molar-refractivity contribution >= 4 is 16.6 Å². The zero-order chi connectivity index (χ0) is 12.6. The van der Waals surface area contributed by atoms with E-state index in [-0.39, 0.29) is 0 Å². The Morgan fingerprint density at radius 3 is 2.47 bits per heavy atom. The summed E-state index contributed by atoms with van der Waals surface area (Å²) in [7, 11) is 1.97. The lowest BCUT2D eigenvalue weighted by Gasteiger charge is -2.13. The van der Waals surface area contributed by atoms with Crippen LogP contribution in [0.1, 0.15) is 36.6 Å². The molecule has 2 heteroatoms. The summed E-state index contributed by atoms with van der Waals surface area (Å²) >= 11 is 0. The first-order valence-corrected chi connectivity index (χ1v) is 6.13. The second kappa shape index (κ2) is 4.36. The van der Waals surface area contributed by atoms with Crippen molar-refractivity contribution in [3.8, 4) is 0 Å². The van der Waals surface area contributed by atoms with Crippen LogP contribution < -0.4 is 5.32 Å². The summed E-state index contributed by atoms with van der Waals surface area (Å²) in [6, 6.07) is 6.47. The van der Waals surface area contributed by atoms with Gasteiger partial charge < -0.3 is 5.32 Å². The summed E-state index contributed by atoms with van der Waals surface area (Å²) in [5.41, 5.74) is 6.02. The molecule has 0 bridgehead atoms. The van der Waals surface area contributed by atoms with E-state index in [1.165, 1.54) is 22.2 Å². The third-order valence-corrected chi connectivity index (χ3v) is 3.39. The zero-order valence-corrected chi connectivity index (χ0v) is 11.3. The van der Waals surface area contributed by atoms with Gasteiger partial charge in [-0.15, -0.1) is 0 Å². The number of rotatable bonds is 2. The lowest BCUT2D eigenvalue weighted by Crippen LogP contribution is -2.00. The normalized spacial score (nSPS) is 11.2. The van der Waals surface area contributed by atoms with E-state index in [2.05, 4.69) is 51.2 Å². The summed E-state index contributed by atoms with van der Waals surface area (Å²) in [4.78, 5) is 4.80. The van der Waals surface area contributed by atoms with Crippen LogP contribution in [0.25, 0.3) is 10.9 Å². The van der Waals surface area contributed by atoms with Gasteiger partial charge >= 0.3 is 0 Å². The summed E-state index contributed by atoms with van der Waals surface area (Å²) in [6.45, 7) is 8.64. The van der Waals surface area contributed by atoms with Crippen molar-refractivity contribution in [2.45, 2.75) is 33.6 Å². The molecule has 0 atom stereocenters. The molecule has 2 aromatic rings. The second-order valence-corrected chi connectivity index (χ2v) is 4.90. The molecule has 0 aliphatic rings. The smallest absolute Gasteiger partial charge is 0.0757 e. The number of aryl methyl sites for hydroxylation is 2. The Morgan fingerprint density at radius 1 is 1.18 bits per heavy atom. The Morgan fingerprint density at radius 2 is 1.88 bits per heavy atom. The van der Waals surface area contributed by atoms with E-state index in [1.807, 2.05) is 7.05 Å². The van der Waals surface area contributed by atoms with Gasteiger partial charge in [-0.3, -0.25) is 4.98 Å². The Hall–Kier alpha value is -1.57. The van der Waals surface area contributed by atoms with Gasteiger partial charge in [0.05, 0.1) is 5.52 Å². The van der Waals surface area contributed by atoms with E-state index in [9.17, 15) is 0 Å². The molecule has 1 aromatic carbocycles. The van der Waals surface area contributed by atoms with Crippen molar-refractivity contribution in [2.24, 2.45) is 0 Å². The average Bonchev–Trinajstić information content (AvgIpc) is 2.32. The van der Waals surface area contributed by atoms with Crippen LogP contribution in [0.5, 0.6) is 0 Å². The van der Waals surface area contributed by atoms with Crippen molar-refractivity contribution in [3.05, 3.63) is 35.0 Å². The average molecular weight is 228 g/mol. The molecular formula is C15H20N2. The number of aromatic nitrogens is 1. The minimum atomic E-state index is 0.450. The Kier molecular flexibility index (Phi) is 3.05. The number of fused-ring (bicyclic) bond motifs is 1. The van der Waals surface area contributed by atoms with Gasteiger partial charge in [0.15, 0.2) is 0 Å². The largest absolute Gasteiger partial charge is 0.388 e. The monoisotopic (exact) mass is 228 g/mol. The molecule has 0 saturated carbocycles. The van der Waals surface area contributed by atoms with E-state index < -0.39 is 0 Å². The van der Waals surface area contributed by atoms with Crippen molar-refractivity contribution in [2.75, 3.05) is 12.4 Å². The minimum Gasteiger partial charge on any atom is -0.388 e. The van der Waals surface area contributed by atoms with Crippen LogP contribution in [-0.4, -0.2) is 12.0 Å². The maximum atomic E-state index is 4.80. The van der Waals surface area contributed by atoms with Gasteiger partial charge in [-0.2, -0.15) is 0 Å². The highest BCUT2D eigenvalue weighted by Gasteiger charge is 2.10. The van der Waals surface area contributed by atoms with E-state index in [4.69, 9.17) is 4.98 Å². The molecule has 1 N–H and O–H groups in total. The van der Waals surface area contributed by atoms with Gasteiger partial charge in [-0.1, -0.05) is 26.0 Å². The molecule has 1 heterocycles. The fourth-order valence-electron chi connectivity index (χ4n) is 2.05. The minimum absolute atomic E-state index is 0.450. The van der Waals surface area contributed by atoms with Crippen molar-refractivity contribution in [1.29, 1.82) is 0 Å². The molecule has 0 radical (unpaired) electrons. The van der Waals surface area contributed by atoms with E-state index in [0.717, 1.165) is 11.2 Å². The molecule has 0 saturated heterocycles. The number of hydrogen-bond donors (Lipinski definition) is 1. The number of nitrogens with zero attached hydrogens (tertiary/aromatic N) is 1. The Bertz CT molecular complexity index is 556. The molecule has 2 rings (SSSR count). The first-order valence-electron chi connectivity index (χ1n) is 6.13. The first kappa shape index (κ1) is 11.9. The third kappa shape index (κ3) is 1.99. The fraction of sp³-hybridized carbons (Fsp3) is 0.400. The number of nitrogens with one attached hydrogen (secondary N) is 1. The predicted molar refractivity (Wildman–Crippen MR) is 74.9 cm³/mol. The van der Waals surface area contributed by atoms with Crippen LogP contribution >= 0.6 is 0 Å². The maximum Gasteiger partial charge on any atom is 0.0757 e. The highest BCUT2D eigenvalue weighted by atomic mass is 14.8. The van der Waals surface area contributed by atoms with E-state index in [1.54, 1.807) is 0 Å². The van der Waals surface area contributed by atoms with Gasteiger partial charge in [0.25, 0.3) is 0 Å². The van der Waals surface area contributed by atoms with Crippen LogP contribution in [0.4, 0.5) is 5.69 Å². The van der Waals surface area contributed by atoms with Crippen molar-refractivity contribution in [3.63, 3.8) is 0 Å². The van der Waals surface area contributed by atoms with Gasteiger partial charge in [-0.25, -0.2) is 0 Å². The lowest BCUT2D eigenvalue weighted by molar-refractivity contribution is 0.830. The molecule has 0 spiro atoms. The molecule has 0 aliphatic carbocycles. The SMILES string of the molecule is CNc1cc(C(C)C)nc2c(C)c(C)ccc12. The lowest BCUT2D eigenvalue weighted by atomic mass is 10.0. The van der Waals surface area contributed by atoms with Gasteiger partial charge in [0.1, 0.15) is 0 Å². The number of anilines is 1. The first-order chi connectivity index (χ1) is 8.04. The van der Waals surface area contributed by atoms with Gasteiger partial charge in [0, 0.05) is 23.8 Å². The zero-order valence-electron chi connectivity index (χ0n) is 11.3. The number of pyridine rings is 1. The maximum absolute atomic E-state index is 4.80. The van der Waals surface area contributed by atoms with Crippen molar-refractivity contribution in [1.82, 2.24) is 4.98 Å². The molecule has 0 unspecified atom stereocenters. The topological polar surface area (TPSA) is 24.9 Å². The highest BCUT2D eigenvalue weighted by Crippen LogP contribution is 2.29. The molecule has 17 heavy (non-hydrogen) atoms. The summed E-state index contributed by atoms with van der Waals surface area (Å²) in [5.74, 6) is 0.450. The third-order valence-electron chi connectivity index (χ3n) is 3.39. The van der Waals surface area contributed by atoms with Crippen LogP contribution in [0.15, 0.2) is 18.2 Å². The standard InChI is InChI=1S/C15H20N2/c1-9(2)13-8-14(16-5)12-7-6-10(3)11(4)15(12)17-13/h6-9H,1-5H3,(H,16,17). The van der Waals surface area contributed by atoms with E-state index >= 15 is 0 Å². The molecule has 90 valence electrons. The Balaban J connectivity index is 2.83. The summed E-state index contributed by atoms with van der Waals surface area (Å²) < 4.78 is 0. The molecule has 0 aliphatic heterocycles. The van der Waals surface area contributed by atoms with E-state index in [0.29, 0.717) is 5.92 Å². The highest BCUT2D eigenvalue weighted by molar-refractivity contribution is 5.94. The van der Waals surface area contributed by atoms with Gasteiger partial charge in [0.2, 0.25) is 0 Å². The molecule has 2 nitrogen and oxygen atoms in total. The molecular weight excluding hydrogens is 208 g/mol. The molecule has 1 aromatic heterocycles. The fourth-order valence-corrected chi connectivity index (χ4v) is 2.05. The summed E-state index contributed by atoms with van der Waals surface area (Å²) in [6.07, 6.45) is 0. The quantitative estimate of drug-likeness (QED) is 0.839. The van der Waals surface area contributed by atoms with Gasteiger partial charge in [-0.05, 0) is 37.0 Å².